The average molecular weight is 529 g/mol. The minimum Gasteiger partial charge on any atom is -0.493 e. The topological polar surface area (TPSA) is 158 Å². The lowest BCUT2D eigenvalue weighted by atomic mass is 9.56. The van der Waals surface area contributed by atoms with Gasteiger partial charge >= 0.3 is 23.9 Å². The van der Waals surface area contributed by atoms with E-state index < -0.39 is 53.2 Å². The van der Waals surface area contributed by atoms with Crippen LogP contribution in [0.15, 0.2) is 24.0 Å². The summed E-state index contributed by atoms with van der Waals surface area (Å²) >= 11 is 0. The first-order valence-electron chi connectivity index (χ1n) is 12.2. The van der Waals surface area contributed by atoms with Crippen molar-refractivity contribution in [2.24, 2.45) is 0 Å². The summed E-state index contributed by atoms with van der Waals surface area (Å²) in [5.74, 6) is -3.90. The van der Waals surface area contributed by atoms with Crippen LogP contribution in [0.5, 0.6) is 11.5 Å². The highest BCUT2D eigenvalue weighted by Gasteiger charge is 2.85. The van der Waals surface area contributed by atoms with Crippen LogP contribution in [0, 0.1) is 0 Å². The monoisotopic (exact) mass is 529 g/mol. The number of esters is 3. The Kier molecular flexibility index (Phi) is 5.00. The number of hydrogen-bond donors (Lipinski definition) is 2. The second-order valence-electron chi connectivity index (χ2n) is 10.7. The molecule has 2 spiro atoms. The Morgan fingerprint density at radius 1 is 1.13 bits per heavy atom. The molecule has 2 aliphatic heterocycles. The predicted molar refractivity (Wildman–Crippen MR) is 124 cm³/mol. The summed E-state index contributed by atoms with van der Waals surface area (Å²) in [6.07, 6.45) is -2.85. The Labute approximate surface area is 217 Å². The summed E-state index contributed by atoms with van der Waals surface area (Å²) in [6.45, 7) is 2.70. The minimum atomic E-state index is -2.12. The zero-order chi connectivity index (χ0) is 27.4. The van der Waals surface area contributed by atoms with E-state index in [-0.39, 0.29) is 23.6 Å². The van der Waals surface area contributed by atoms with Gasteiger partial charge in [-0.3, -0.25) is 14.5 Å². The fourth-order valence-corrected chi connectivity index (χ4v) is 7.86. The summed E-state index contributed by atoms with van der Waals surface area (Å²) in [5.41, 5.74) is -0.531. The van der Waals surface area contributed by atoms with Gasteiger partial charge in [-0.05, 0) is 31.2 Å². The lowest BCUT2D eigenvalue weighted by Crippen LogP contribution is -2.74. The van der Waals surface area contributed by atoms with Crippen molar-refractivity contribution in [2.75, 3.05) is 20.7 Å². The van der Waals surface area contributed by atoms with Gasteiger partial charge in [0.05, 0.1) is 24.2 Å². The van der Waals surface area contributed by atoms with E-state index >= 15 is 0 Å². The Hall–Kier alpha value is -3.64. The van der Waals surface area contributed by atoms with E-state index in [1.54, 1.807) is 6.08 Å². The van der Waals surface area contributed by atoms with Crippen LogP contribution in [-0.4, -0.2) is 89.6 Å². The second-order valence-corrected chi connectivity index (χ2v) is 10.7. The number of ether oxygens (including phenoxy) is 5. The van der Waals surface area contributed by atoms with Gasteiger partial charge in [0.15, 0.2) is 17.6 Å². The number of rotatable bonds is 7. The summed E-state index contributed by atoms with van der Waals surface area (Å²) in [4.78, 5) is 50.4. The summed E-state index contributed by atoms with van der Waals surface area (Å²) in [7, 11) is 3.48. The van der Waals surface area contributed by atoms with Gasteiger partial charge in [-0.2, -0.15) is 0 Å². The van der Waals surface area contributed by atoms with E-state index in [1.165, 1.54) is 7.11 Å². The molecule has 0 radical (unpaired) electrons. The minimum absolute atomic E-state index is 0.0500. The Morgan fingerprint density at radius 2 is 1.82 bits per heavy atom. The fourth-order valence-electron chi connectivity index (χ4n) is 7.86. The molecule has 6 rings (SSSR count). The standard InChI is InChI=1S/C26H27NO11/c1-11(28)35-18(21(30)31)19(36-12(2)29)22(32)37-15-7-8-26(33)23-24(10-27(23)3)9-25(26)16-13(24)5-6-14(34-4)17(16)38-20(15)25/h5-7,18-20,23,33H,8-10H2,1-4H3,(H,30,31)/t18-,19-,20?,23-,24?,25?,26-/m1/s1. The molecular formula is C26H27NO11. The number of methoxy groups -OCH3 is 1. The van der Waals surface area contributed by atoms with Crippen molar-refractivity contribution in [3.8, 4) is 11.5 Å². The van der Waals surface area contributed by atoms with E-state index in [2.05, 4.69) is 4.90 Å². The van der Waals surface area contributed by atoms with E-state index in [4.69, 9.17) is 23.7 Å². The fraction of sp³-hybridized carbons (Fsp3) is 0.538. The highest BCUT2D eigenvalue weighted by molar-refractivity contribution is 5.88. The Balaban J connectivity index is 1.40. The molecule has 12 heteroatoms. The van der Waals surface area contributed by atoms with Crippen molar-refractivity contribution in [3.63, 3.8) is 0 Å². The van der Waals surface area contributed by atoms with Crippen LogP contribution in [-0.2, 0) is 44.2 Å². The maximum Gasteiger partial charge on any atom is 0.357 e. The first kappa shape index (κ1) is 24.7. The van der Waals surface area contributed by atoms with Gasteiger partial charge in [0.1, 0.15) is 5.76 Å². The molecule has 12 nitrogen and oxygen atoms in total. The molecule has 2 fully saturated rings. The van der Waals surface area contributed by atoms with Gasteiger partial charge in [0.2, 0.25) is 12.2 Å². The van der Waals surface area contributed by atoms with Gasteiger partial charge in [0, 0.05) is 37.8 Å². The third-order valence-corrected chi connectivity index (χ3v) is 8.75. The number of likely N-dealkylation sites (N-methyl/N-ethyl adjacent to an activating group) is 1. The summed E-state index contributed by atoms with van der Waals surface area (Å²) in [5, 5.41) is 21.8. The van der Waals surface area contributed by atoms with Crippen molar-refractivity contribution in [2.45, 2.75) is 67.5 Å². The molecule has 1 aromatic carbocycles. The van der Waals surface area contributed by atoms with Gasteiger partial charge in [-0.25, -0.2) is 9.59 Å². The van der Waals surface area contributed by atoms with Crippen molar-refractivity contribution >= 4 is 23.9 Å². The molecule has 1 aromatic rings. The van der Waals surface area contributed by atoms with Gasteiger partial charge in [-0.1, -0.05) is 6.07 Å². The molecule has 2 N–H and O–H groups in total. The number of carboxylic acids is 1. The van der Waals surface area contributed by atoms with Crippen molar-refractivity contribution in [3.05, 3.63) is 35.1 Å². The van der Waals surface area contributed by atoms with E-state index in [9.17, 15) is 29.4 Å². The van der Waals surface area contributed by atoms with Gasteiger partial charge in [0.25, 0.3) is 0 Å². The molecule has 202 valence electrons. The first-order valence-corrected chi connectivity index (χ1v) is 12.2. The third-order valence-electron chi connectivity index (χ3n) is 8.75. The van der Waals surface area contributed by atoms with Crippen LogP contribution in [0.3, 0.4) is 0 Å². The first-order chi connectivity index (χ1) is 17.9. The summed E-state index contributed by atoms with van der Waals surface area (Å²) < 4.78 is 27.3. The van der Waals surface area contributed by atoms with Crippen LogP contribution in [0.2, 0.25) is 0 Å². The number of likely N-dealkylation sites (tertiary alicyclic amines) is 1. The molecule has 1 saturated carbocycles. The molecule has 0 aromatic heterocycles. The normalized spacial score (nSPS) is 34.5. The van der Waals surface area contributed by atoms with Crippen LogP contribution < -0.4 is 9.47 Å². The number of carbonyl (C=O) groups excluding carboxylic acids is 3. The SMILES string of the molecule is COc1ccc2c3c1OC1C(OC(=O)[C@H](OC(C)=O)[C@@H](OC(C)=O)C(=O)O)=CC[C@@]4(O)[C@@H]5N(C)CC25CC314. The Bertz CT molecular complexity index is 1340. The van der Waals surface area contributed by atoms with Crippen LogP contribution in [0.25, 0.3) is 0 Å². The molecule has 38 heavy (non-hydrogen) atoms. The number of hydrogen-bond acceptors (Lipinski definition) is 11. The van der Waals surface area contributed by atoms with Crippen LogP contribution in [0.4, 0.5) is 0 Å². The molecule has 7 atom stereocenters. The highest BCUT2D eigenvalue weighted by atomic mass is 16.6. The summed E-state index contributed by atoms with van der Waals surface area (Å²) in [6, 6.07) is 3.67. The second kappa shape index (κ2) is 7.70. The predicted octanol–water partition coefficient (Wildman–Crippen LogP) is 0.173. The molecule has 3 aliphatic carbocycles. The van der Waals surface area contributed by atoms with Gasteiger partial charge < -0.3 is 33.9 Å². The number of nitrogens with zero attached hydrogens (tertiary/aromatic N) is 1. The van der Waals surface area contributed by atoms with Gasteiger partial charge in [-0.15, -0.1) is 0 Å². The maximum absolute atomic E-state index is 13.3. The maximum atomic E-state index is 13.3. The van der Waals surface area contributed by atoms with E-state index in [0.29, 0.717) is 17.9 Å². The molecule has 1 saturated heterocycles. The van der Waals surface area contributed by atoms with Crippen molar-refractivity contribution in [1.29, 1.82) is 0 Å². The molecule has 2 bridgehead atoms. The largest absolute Gasteiger partial charge is 0.493 e. The zero-order valence-corrected chi connectivity index (χ0v) is 21.2. The molecule has 5 aliphatic rings. The lowest BCUT2D eigenvalue weighted by molar-refractivity contribution is -0.188. The average Bonchev–Trinajstić information content (AvgIpc) is 3.40. The highest BCUT2D eigenvalue weighted by Crippen LogP contribution is 2.77. The molecule has 3 unspecified atom stereocenters. The molecular weight excluding hydrogens is 502 g/mol. The number of benzene rings is 1. The van der Waals surface area contributed by atoms with Crippen molar-refractivity contribution in [1.82, 2.24) is 4.90 Å². The van der Waals surface area contributed by atoms with Crippen LogP contribution >= 0.6 is 0 Å². The van der Waals surface area contributed by atoms with E-state index in [1.807, 2.05) is 19.2 Å². The Morgan fingerprint density at radius 3 is 2.42 bits per heavy atom. The third kappa shape index (κ3) is 2.76. The number of fused-ring (bicyclic) bond motifs is 1. The quantitative estimate of drug-likeness (QED) is 0.365. The number of carbonyl (C=O) groups is 4. The van der Waals surface area contributed by atoms with Crippen LogP contribution in [0.1, 0.15) is 37.8 Å². The number of aliphatic hydroxyl groups is 1. The number of aliphatic carboxylic acids is 1. The molecule has 2 heterocycles. The lowest BCUT2D eigenvalue weighted by Gasteiger charge is -2.60. The molecule has 0 amide bonds. The zero-order valence-electron chi connectivity index (χ0n) is 21.2. The number of carboxylic acid groups (broad SMARTS) is 1. The van der Waals surface area contributed by atoms with E-state index in [0.717, 1.165) is 31.5 Å². The van der Waals surface area contributed by atoms with Crippen molar-refractivity contribution < 1.29 is 53.1 Å². The smallest absolute Gasteiger partial charge is 0.357 e.